The van der Waals surface area contributed by atoms with Crippen molar-refractivity contribution >= 4 is 17.1 Å². The smallest absolute Gasteiger partial charge is 0.125 e. The molecule has 0 aliphatic heterocycles. The average molecular weight is 388 g/mol. The second-order valence-electron chi connectivity index (χ2n) is 6.46. The van der Waals surface area contributed by atoms with Crippen LogP contribution in [0.2, 0.25) is 0 Å². The molecule has 29 heavy (non-hydrogen) atoms. The molecular formula is C25H22F2N2. The van der Waals surface area contributed by atoms with Crippen molar-refractivity contribution in [3.8, 4) is 11.1 Å². The third kappa shape index (κ3) is 5.91. The van der Waals surface area contributed by atoms with E-state index in [1.807, 2.05) is 67.6 Å². The topological polar surface area (TPSA) is 24.1 Å². The highest BCUT2D eigenvalue weighted by atomic mass is 19.1. The Morgan fingerprint density at radius 3 is 2.03 bits per heavy atom. The van der Waals surface area contributed by atoms with Crippen LogP contribution >= 0.6 is 0 Å². The molecule has 0 fully saturated rings. The molecule has 2 nitrogen and oxygen atoms in total. The lowest BCUT2D eigenvalue weighted by molar-refractivity contribution is 0.628. The van der Waals surface area contributed by atoms with Gasteiger partial charge in [-0.05, 0) is 72.7 Å². The quantitative estimate of drug-likeness (QED) is 0.407. The third-order valence-electron chi connectivity index (χ3n) is 4.16. The van der Waals surface area contributed by atoms with Crippen molar-refractivity contribution in [1.82, 2.24) is 0 Å². The molecule has 0 radical (unpaired) electrons. The molecule has 0 saturated carbocycles. The maximum absolute atomic E-state index is 13.3. The van der Waals surface area contributed by atoms with Crippen molar-refractivity contribution in [3.05, 3.63) is 115 Å². The molecule has 0 amide bonds. The molecule has 0 aliphatic rings. The minimum Gasteiger partial charge on any atom is -0.355 e. The van der Waals surface area contributed by atoms with Gasteiger partial charge in [0.2, 0.25) is 0 Å². The fraction of sp³-hybridized carbons (Fsp3) is 0.0400. The van der Waals surface area contributed by atoms with Gasteiger partial charge in [-0.2, -0.15) is 0 Å². The predicted octanol–water partition coefficient (Wildman–Crippen LogP) is 7.59. The average Bonchev–Trinajstić information content (AvgIpc) is 2.69. The summed E-state index contributed by atoms with van der Waals surface area (Å²) in [5.74, 6) is -0.780. The number of allylic oxidation sites excluding steroid dienone is 4. The molecule has 0 unspecified atom stereocenters. The molecule has 3 aromatic rings. The predicted molar refractivity (Wildman–Crippen MR) is 118 cm³/mol. The monoisotopic (exact) mass is 388 g/mol. The van der Waals surface area contributed by atoms with E-state index in [4.69, 9.17) is 0 Å². The fourth-order valence-electron chi connectivity index (χ4n) is 2.87. The summed E-state index contributed by atoms with van der Waals surface area (Å²) in [6, 6.07) is 22.1. The summed E-state index contributed by atoms with van der Waals surface area (Å²) in [4.78, 5) is 0. The number of anilines is 3. The summed E-state index contributed by atoms with van der Waals surface area (Å²) >= 11 is 0. The summed E-state index contributed by atoms with van der Waals surface area (Å²) in [5.41, 5.74) is 5.17. The fourth-order valence-corrected chi connectivity index (χ4v) is 2.87. The van der Waals surface area contributed by atoms with Crippen molar-refractivity contribution in [1.29, 1.82) is 0 Å². The molecule has 0 atom stereocenters. The van der Waals surface area contributed by atoms with Crippen LogP contribution in [-0.4, -0.2) is 0 Å². The van der Waals surface area contributed by atoms with Gasteiger partial charge in [-0.25, -0.2) is 8.78 Å². The number of hydrogen-bond donors (Lipinski definition) is 2. The highest BCUT2D eigenvalue weighted by molar-refractivity contribution is 5.70. The number of hydrogen-bond acceptors (Lipinski definition) is 2. The largest absolute Gasteiger partial charge is 0.355 e. The van der Waals surface area contributed by atoms with Gasteiger partial charge >= 0.3 is 0 Å². The third-order valence-corrected chi connectivity index (χ3v) is 4.16. The Hall–Kier alpha value is -3.66. The number of nitrogens with one attached hydrogen (secondary N) is 2. The minimum atomic E-state index is -0.505. The van der Waals surface area contributed by atoms with Gasteiger partial charge in [-0.1, -0.05) is 43.0 Å². The Bertz CT molecular complexity index is 1030. The molecular weight excluding hydrogens is 366 g/mol. The number of rotatable bonds is 7. The summed E-state index contributed by atoms with van der Waals surface area (Å²) in [5, 5.41) is 6.34. The second-order valence-corrected chi connectivity index (χ2v) is 6.46. The first-order valence-electron chi connectivity index (χ1n) is 9.22. The summed E-state index contributed by atoms with van der Waals surface area (Å²) in [6.07, 6.45) is 4.96. The maximum atomic E-state index is 13.3. The maximum Gasteiger partial charge on any atom is 0.125 e. The van der Waals surface area contributed by atoms with Crippen LogP contribution in [-0.2, 0) is 0 Å². The van der Waals surface area contributed by atoms with Crippen LogP contribution < -0.4 is 10.6 Å². The molecule has 2 N–H and O–H groups in total. The molecule has 0 aromatic heterocycles. The number of benzene rings is 3. The van der Waals surface area contributed by atoms with Crippen molar-refractivity contribution in [2.45, 2.75) is 6.92 Å². The van der Waals surface area contributed by atoms with Crippen molar-refractivity contribution < 1.29 is 8.78 Å². The minimum absolute atomic E-state index is 0.274. The SMILES string of the molecule is C=C(F)/C=C(\C=C/C)Nc1ccc(-c2ccc(Nc3cccc(F)c3)cc2)cc1. The lowest BCUT2D eigenvalue weighted by Gasteiger charge is -2.10. The first-order chi connectivity index (χ1) is 14.0. The highest BCUT2D eigenvalue weighted by Crippen LogP contribution is 2.25. The van der Waals surface area contributed by atoms with Gasteiger partial charge in [-0.3, -0.25) is 0 Å². The van der Waals surface area contributed by atoms with Gasteiger partial charge in [0.1, 0.15) is 11.6 Å². The molecule has 0 heterocycles. The zero-order valence-corrected chi connectivity index (χ0v) is 16.1. The van der Waals surface area contributed by atoms with E-state index in [0.717, 1.165) is 22.5 Å². The van der Waals surface area contributed by atoms with E-state index >= 15 is 0 Å². The van der Waals surface area contributed by atoms with Crippen molar-refractivity contribution in [2.75, 3.05) is 10.6 Å². The van der Waals surface area contributed by atoms with Gasteiger partial charge in [0.15, 0.2) is 0 Å². The van der Waals surface area contributed by atoms with Crippen LogP contribution in [0.25, 0.3) is 11.1 Å². The first-order valence-corrected chi connectivity index (χ1v) is 9.22. The van der Waals surface area contributed by atoms with Crippen molar-refractivity contribution in [2.24, 2.45) is 0 Å². The molecule has 146 valence electrons. The Morgan fingerprint density at radius 1 is 0.862 bits per heavy atom. The molecule has 3 rings (SSSR count). The van der Waals surface area contributed by atoms with Crippen LogP contribution in [0.5, 0.6) is 0 Å². The Labute approximate surface area is 169 Å². The highest BCUT2D eigenvalue weighted by Gasteiger charge is 2.02. The summed E-state index contributed by atoms with van der Waals surface area (Å²) in [7, 11) is 0. The van der Waals surface area contributed by atoms with Gasteiger partial charge in [0.25, 0.3) is 0 Å². The van der Waals surface area contributed by atoms with Crippen molar-refractivity contribution in [3.63, 3.8) is 0 Å². The van der Waals surface area contributed by atoms with Gasteiger partial charge in [0.05, 0.1) is 0 Å². The molecule has 0 bridgehead atoms. The Morgan fingerprint density at radius 2 is 1.48 bits per heavy atom. The molecule has 4 heteroatoms. The van der Waals surface area contributed by atoms with Crippen LogP contribution in [0, 0.1) is 5.82 Å². The standard InChI is InChI=1S/C25H22F2N2/c1-3-5-24(16-18(2)26)28-22-12-8-19(9-13-22)20-10-14-23(15-11-20)29-25-7-4-6-21(27)17-25/h3-17,28-29H,2H2,1H3/b5-3-,24-16+. The summed E-state index contributed by atoms with van der Waals surface area (Å²) < 4.78 is 26.4. The van der Waals surface area contributed by atoms with Gasteiger partial charge < -0.3 is 10.6 Å². The van der Waals surface area contributed by atoms with E-state index < -0.39 is 5.83 Å². The molecule has 0 aliphatic carbocycles. The number of halogens is 2. The zero-order valence-electron chi connectivity index (χ0n) is 16.1. The van der Waals surface area contributed by atoms with E-state index in [-0.39, 0.29) is 5.82 Å². The van der Waals surface area contributed by atoms with Crippen LogP contribution in [0.4, 0.5) is 25.8 Å². The second kappa shape index (κ2) is 9.51. The van der Waals surface area contributed by atoms with Crippen LogP contribution in [0.3, 0.4) is 0 Å². The Balaban J connectivity index is 1.70. The molecule has 3 aromatic carbocycles. The van der Waals surface area contributed by atoms with Crippen LogP contribution in [0.15, 0.2) is 109 Å². The van der Waals surface area contributed by atoms with Gasteiger partial charge in [0, 0.05) is 22.8 Å². The normalized spacial score (nSPS) is 11.5. The van der Waals surface area contributed by atoms with E-state index in [2.05, 4.69) is 17.2 Å². The first kappa shape index (κ1) is 20.1. The van der Waals surface area contributed by atoms with E-state index in [0.29, 0.717) is 11.4 Å². The van der Waals surface area contributed by atoms with Gasteiger partial charge in [-0.15, -0.1) is 0 Å². The lowest BCUT2D eigenvalue weighted by atomic mass is 10.0. The zero-order chi connectivity index (χ0) is 20.6. The van der Waals surface area contributed by atoms with E-state index in [1.54, 1.807) is 12.1 Å². The molecule has 0 spiro atoms. The van der Waals surface area contributed by atoms with Crippen LogP contribution in [0.1, 0.15) is 6.92 Å². The van der Waals surface area contributed by atoms with E-state index in [1.165, 1.54) is 18.2 Å². The molecule has 0 saturated heterocycles. The Kier molecular flexibility index (Phi) is 6.59. The summed E-state index contributed by atoms with van der Waals surface area (Å²) in [6.45, 7) is 5.14. The lowest BCUT2D eigenvalue weighted by Crippen LogP contribution is -1.97. The van der Waals surface area contributed by atoms with E-state index in [9.17, 15) is 8.78 Å².